The van der Waals surface area contributed by atoms with Crippen LogP contribution in [-0.4, -0.2) is 22.1 Å². The minimum Gasteiger partial charge on any atom is -0.504 e. The van der Waals surface area contributed by atoms with Crippen LogP contribution in [0, 0.1) is 34.5 Å². The number of aliphatic hydroxyl groups is 2. The van der Waals surface area contributed by atoms with Crippen LogP contribution in [0.5, 0.6) is 0 Å². The van der Waals surface area contributed by atoms with E-state index in [1.165, 1.54) is 12.8 Å². The van der Waals surface area contributed by atoms with E-state index in [4.69, 9.17) is 0 Å². The highest BCUT2D eigenvalue weighted by Gasteiger charge is 2.77. The molecule has 0 aromatic heterocycles. The van der Waals surface area contributed by atoms with Crippen molar-refractivity contribution in [1.29, 1.82) is 0 Å². The van der Waals surface area contributed by atoms with Crippen LogP contribution in [0.3, 0.4) is 0 Å². The largest absolute Gasteiger partial charge is 0.504 e. The zero-order valence-corrected chi connectivity index (χ0v) is 13.3. The number of allylic oxidation sites excluding steroid dienone is 1. The van der Waals surface area contributed by atoms with E-state index in [2.05, 4.69) is 6.92 Å². The third-order valence-electron chi connectivity index (χ3n) is 8.57. The van der Waals surface area contributed by atoms with E-state index in [1.807, 2.05) is 0 Å². The molecule has 3 heteroatoms. The molecule has 2 N–H and O–H groups in total. The van der Waals surface area contributed by atoms with Crippen molar-refractivity contribution in [3.05, 3.63) is 11.3 Å². The summed E-state index contributed by atoms with van der Waals surface area (Å²) in [5.41, 5.74) is 1.60. The molecule has 1 spiro atoms. The van der Waals surface area contributed by atoms with Crippen LogP contribution in [-0.2, 0) is 4.79 Å². The number of aliphatic hydroxyl groups excluding tert-OH is 2. The fourth-order valence-electron chi connectivity index (χ4n) is 7.48. The maximum absolute atomic E-state index is 11.8. The molecule has 5 aliphatic rings. The summed E-state index contributed by atoms with van der Waals surface area (Å²) in [6.07, 6.45) is 8.02. The lowest BCUT2D eigenvalue weighted by atomic mass is 9.49. The number of carbonyl (C=O) groups is 1. The van der Waals surface area contributed by atoms with Gasteiger partial charge in [-0.05, 0) is 85.0 Å². The Bertz CT molecular complexity index is 593. The van der Waals surface area contributed by atoms with E-state index in [-0.39, 0.29) is 23.1 Å². The zero-order chi connectivity index (χ0) is 15.3. The van der Waals surface area contributed by atoms with Crippen molar-refractivity contribution in [2.45, 2.75) is 64.4 Å². The molecule has 0 amide bonds. The van der Waals surface area contributed by atoms with Gasteiger partial charge in [0.1, 0.15) is 0 Å². The smallest absolute Gasteiger partial charge is 0.197 e. The maximum Gasteiger partial charge on any atom is 0.197 e. The summed E-state index contributed by atoms with van der Waals surface area (Å²) in [5.74, 6) is 2.60. The van der Waals surface area contributed by atoms with Crippen molar-refractivity contribution < 1.29 is 15.0 Å². The minimum atomic E-state index is -0.106. The summed E-state index contributed by atoms with van der Waals surface area (Å²) in [4.78, 5) is 11.8. The molecule has 7 atom stereocenters. The first-order chi connectivity index (χ1) is 10.5. The van der Waals surface area contributed by atoms with Crippen LogP contribution in [0.2, 0.25) is 0 Å². The van der Waals surface area contributed by atoms with Gasteiger partial charge in [-0.25, -0.2) is 0 Å². The van der Waals surface area contributed by atoms with Crippen LogP contribution in [0.4, 0.5) is 0 Å². The quantitative estimate of drug-likeness (QED) is 0.721. The number of hydrogen-bond acceptors (Lipinski definition) is 3. The molecule has 0 aliphatic heterocycles. The summed E-state index contributed by atoms with van der Waals surface area (Å²) in [6.45, 7) is 2.34. The summed E-state index contributed by atoms with van der Waals surface area (Å²) < 4.78 is 0. The summed E-state index contributed by atoms with van der Waals surface area (Å²) >= 11 is 0. The molecular weight excluding hydrogens is 276 g/mol. The molecule has 5 aliphatic carbocycles. The molecule has 0 aromatic carbocycles. The first kappa shape index (κ1) is 13.6. The van der Waals surface area contributed by atoms with E-state index in [0.717, 1.165) is 43.6 Å². The number of carbonyl (C=O) groups excluding carboxylic acids is 1. The van der Waals surface area contributed by atoms with Crippen molar-refractivity contribution in [2.24, 2.45) is 34.5 Å². The molecule has 0 aromatic rings. The Morgan fingerprint density at radius 1 is 1.18 bits per heavy atom. The van der Waals surface area contributed by atoms with Gasteiger partial charge in [0, 0.05) is 6.42 Å². The number of rotatable bonds is 0. The monoisotopic (exact) mass is 302 g/mol. The molecule has 4 fully saturated rings. The Kier molecular flexibility index (Phi) is 2.46. The Morgan fingerprint density at radius 2 is 2.00 bits per heavy atom. The Morgan fingerprint density at radius 3 is 2.82 bits per heavy atom. The fraction of sp³-hybridized carbons (Fsp3) is 0.842. The zero-order valence-electron chi connectivity index (χ0n) is 13.3. The molecule has 0 radical (unpaired) electrons. The summed E-state index contributed by atoms with van der Waals surface area (Å²) in [5, 5.41) is 20.8. The van der Waals surface area contributed by atoms with Crippen molar-refractivity contribution in [3.63, 3.8) is 0 Å². The first-order valence-corrected chi connectivity index (χ1v) is 9.12. The van der Waals surface area contributed by atoms with E-state index < -0.39 is 0 Å². The second kappa shape index (κ2) is 3.98. The average molecular weight is 302 g/mol. The van der Waals surface area contributed by atoms with Gasteiger partial charge in [-0.2, -0.15) is 0 Å². The maximum atomic E-state index is 11.8. The average Bonchev–Trinajstić information content (AvgIpc) is 3.16. The molecule has 0 bridgehead atoms. The van der Waals surface area contributed by atoms with Crippen LogP contribution in [0.1, 0.15) is 58.3 Å². The van der Waals surface area contributed by atoms with Gasteiger partial charge >= 0.3 is 0 Å². The van der Waals surface area contributed by atoms with Crippen LogP contribution in [0.25, 0.3) is 0 Å². The Balaban J connectivity index is 1.54. The molecule has 3 nitrogen and oxygen atoms in total. The van der Waals surface area contributed by atoms with Gasteiger partial charge in [0.2, 0.25) is 0 Å². The highest BCUT2D eigenvalue weighted by molar-refractivity contribution is 5.94. The van der Waals surface area contributed by atoms with Gasteiger partial charge in [0.25, 0.3) is 0 Å². The Hall–Kier alpha value is -0.830. The second-order valence-corrected chi connectivity index (χ2v) is 8.90. The summed E-state index contributed by atoms with van der Waals surface area (Å²) in [6, 6.07) is 0. The molecular formula is C19H26O3. The van der Waals surface area contributed by atoms with Crippen molar-refractivity contribution >= 4 is 5.78 Å². The fourth-order valence-corrected chi connectivity index (χ4v) is 7.48. The number of fused-ring (bicyclic) bond motifs is 3. The lowest BCUT2D eigenvalue weighted by Gasteiger charge is -2.55. The third-order valence-corrected chi connectivity index (χ3v) is 8.57. The van der Waals surface area contributed by atoms with Crippen LogP contribution >= 0.6 is 0 Å². The molecule has 120 valence electrons. The van der Waals surface area contributed by atoms with Crippen LogP contribution in [0.15, 0.2) is 11.3 Å². The third kappa shape index (κ3) is 1.32. The van der Waals surface area contributed by atoms with Gasteiger partial charge < -0.3 is 10.2 Å². The van der Waals surface area contributed by atoms with Gasteiger partial charge in [-0.1, -0.05) is 6.92 Å². The van der Waals surface area contributed by atoms with E-state index in [1.54, 1.807) is 0 Å². The molecule has 22 heavy (non-hydrogen) atoms. The second-order valence-electron chi connectivity index (χ2n) is 8.90. The van der Waals surface area contributed by atoms with E-state index >= 15 is 0 Å². The van der Waals surface area contributed by atoms with Crippen molar-refractivity contribution in [1.82, 2.24) is 0 Å². The minimum absolute atomic E-state index is 0.0379. The lowest BCUT2D eigenvalue weighted by Crippen LogP contribution is -2.50. The number of ketones is 1. The molecule has 0 saturated heterocycles. The molecule has 0 heterocycles. The highest BCUT2D eigenvalue weighted by Crippen LogP contribution is 2.81. The highest BCUT2D eigenvalue weighted by atomic mass is 16.3. The number of Topliss-reactive ketones (excluding diaryl/α,β-unsaturated/α-hetero) is 1. The van der Waals surface area contributed by atoms with Crippen molar-refractivity contribution in [2.75, 3.05) is 0 Å². The predicted octanol–water partition coefficient (Wildman–Crippen LogP) is 3.37. The summed E-state index contributed by atoms with van der Waals surface area (Å²) in [7, 11) is 0. The number of hydrogen-bond donors (Lipinski definition) is 2. The van der Waals surface area contributed by atoms with Crippen LogP contribution < -0.4 is 0 Å². The normalized spacial score (nSPS) is 56.1. The first-order valence-electron chi connectivity index (χ1n) is 9.12. The molecule has 3 unspecified atom stereocenters. The van der Waals surface area contributed by atoms with Gasteiger partial charge in [-0.3, -0.25) is 4.79 Å². The molecule has 4 saturated carbocycles. The topological polar surface area (TPSA) is 57.5 Å². The van der Waals surface area contributed by atoms with Gasteiger partial charge in [0.05, 0.1) is 6.10 Å². The van der Waals surface area contributed by atoms with Crippen molar-refractivity contribution in [3.8, 4) is 0 Å². The standard InChI is InChI=1S/C19H26O3/c1-18-7-6-12-11-3-5-15(20)17(22)13(11)2-4-14(12)19(18)9-10(19)8-16(18)21/h10-12,14,16,21-22H,2-9H2,1H3/t10-,11?,12?,14?,16+,18+,19+/m0/s1. The van der Waals surface area contributed by atoms with Gasteiger partial charge in [-0.15, -0.1) is 0 Å². The SMILES string of the molecule is C[C@]12CCC3C4CCC(=O)C(O)=C4CCC3[C@]13C[C@@H]3C[C@H]2O. The van der Waals surface area contributed by atoms with E-state index in [9.17, 15) is 15.0 Å². The predicted molar refractivity (Wildman–Crippen MR) is 82.1 cm³/mol. The lowest BCUT2D eigenvalue weighted by molar-refractivity contribution is -0.120. The van der Waals surface area contributed by atoms with E-state index in [0.29, 0.717) is 29.6 Å². The molecule has 5 rings (SSSR count). The Labute approximate surface area is 131 Å². The van der Waals surface area contributed by atoms with Gasteiger partial charge in [0.15, 0.2) is 11.5 Å².